The van der Waals surface area contributed by atoms with Crippen LogP contribution in [0.3, 0.4) is 0 Å². The minimum Gasteiger partial charge on any atom is -0.396 e. The third kappa shape index (κ3) is 3.33. The fourth-order valence-electron chi connectivity index (χ4n) is 2.59. The Morgan fingerprint density at radius 2 is 2.00 bits per heavy atom. The number of aliphatic hydroxyl groups excluding tert-OH is 1. The Hall–Kier alpha value is -1.39. The standard InChI is InChI=1S/C15H22N2O2/c16-8-5-13-3-1-2-4-14(13)15(19)17-9-6-12(11-18)7-10-17/h1-4,12,18H,5-11,16H2. The third-order valence-corrected chi connectivity index (χ3v) is 3.82. The van der Waals surface area contributed by atoms with Crippen molar-refractivity contribution in [1.82, 2.24) is 4.90 Å². The number of rotatable bonds is 4. The first-order chi connectivity index (χ1) is 9.26. The first kappa shape index (κ1) is 14.0. The molecule has 1 aliphatic rings. The number of aliphatic hydroxyl groups is 1. The lowest BCUT2D eigenvalue weighted by atomic mass is 9.96. The van der Waals surface area contributed by atoms with E-state index in [1.54, 1.807) is 0 Å². The van der Waals surface area contributed by atoms with Gasteiger partial charge in [0, 0.05) is 25.3 Å². The van der Waals surface area contributed by atoms with E-state index < -0.39 is 0 Å². The number of hydrogen-bond acceptors (Lipinski definition) is 3. The van der Waals surface area contributed by atoms with Crippen molar-refractivity contribution in [2.24, 2.45) is 11.7 Å². The number of nitrogens with zero attached hydrogens (tertiary/aromatic N) is 1. The van der Waals surface area contributed by atoms with Gasteiger partial charge >= 0.3 is 0 Å². The molecule has 1 aromatic carbocycles. The summed E-state index contributed by atoms with van der Waals surface area (Å²) in [4.78, 5) is 14.4. The number of carbonyl (C=O) groups excluding carboxylic acids is 1. The Labute approximate surface area is 114 Å². The number of amides is 1. The summed E-state index contributed by atoms with van der Waals surface area (Å²) < 4.78 is 0. The van der Waals surface area contributed by atoms with E-state index in [-0.39, 0.29) is 12.5 Å². The van der Waals surface area contributed by atoms with Gasteiger partial charge in [0.2, 0.25) is 0 Å². The molecule has 4 heteroatoms. The molecule has 1 heterocycles. The van der Waals surface area contributed by atoms with E-state index in [2.05, 4.69) is 0 Å². The number of hydrogen-bond donors (Lipinski definition) is 2. The van der Waals surface area contributed by atoms with Crippen LogP contribution in [-0.4, -0.2) is 42.2 Å². The summed E-state index contributed by atoms with van der Waals surface area (Å²) in [6.07, 6.45) is 2.51. The molecule has 0 unspecified atom stereocenters. The quantitative estimate of drug-likeness (QED) is 0.851. The first-order valence-electron chi connectivity index (χ1n) is 6.94. The van der Waals surface area contributed by atoms with Crippen molar-refractivity contribution in [3.63, 3.8) is 0 Å². The van der Waals surface area contributed by atoms with Crippen molar-refractivity contribution in [3.8, 4) is 0 Å². The number of carbonyl (C=O) groups is 1. The molecular formula is C15H22N2O2. The predicted octanol–water partition coefficient (Wildman–Crippen LogP) is 1.03. The molecule has 0 radical (unpaired) electrons. The molecule has 0 aliphatic carbocycles. The normalized spacial score (nSPS) is 16.6. The largest absolute Gasteiger partial charge is 0.396 e. The molecule has 4 nitrogen and oxygen atoms in total. The highest BCUT2D eigenvalue weighted by atomic mass is 16.3. The second-order valence-electron chi connectivity index (χ2n) is 5.11. The number of nitrogens with two attached hydrogens (primary N) is 1. The van der Waals surface area contributed by atoms with Gasteiger partial charge in [0.05, 0.1) is 0 Å². The van der Waals surface area contributed by atoms with Crippen LogP contribution < -0.4 is 5.73 Å². The summed E-state index contributed by atoms with van der Waals surface area (Å²) in [7, 11) is 0. The van der Waals surface area contributed by atoms with E-state index in [0.29, 0.717) is 12.5 Å². The second-order valence-corrected chi connectivity index (χ2v) is 5.11. The minimum absolute atomic E-state index is 0.0976. The van der Waals surface area contributed by atoms with E-state index in [1.807, 2.05) is 29.2 Å². The lowest BCUT2D eigenvalue weighted by Gasteiger charge is -2.31. The molecule has 0 aromatic heterocycles. The maximum atomic E-state index is 12.5. The van der Waals surface area contributed by atoms with Crippen molar-refractivity contribution < 1.29 is 9.90 Å². The Morgan fingerprint density at radius 3 is 2.63 bits per heavy atom. The maximum Gasteiger partial charge on any atom is 0.254 e. The molecule has 1 aliphatic heterocycles. The molecule has 3 N–H and O–H groups in total. The predicted molar refractivity (Wildman–Crippen MR) is 74.9 cm³/mol. The summed E-state index contributed by atoms with van der Waals surface area (Å²) in [6.45, 7) is 2.25. The Balaban J connectivity index is 2.07. The van der Waals surface area contributed by atoms with E-state index in [4.69, 9.17) is 10.8 Å². The van der Waals surface area contributed by atoms with E-state index in [0.717, 1.165) is 43.5 Å². The Kier molecular flexibility index (Phi) is 4.93. The van der Waals surface area contributed by atoms with Crippen molar-refractivity contribution in [3.05, 3.63) is 35.4 Å². The summed E-state index contributed by atoms with van der Waals surface area (Å²) >= 11 is 0. The van der Waals surface area contributed by atoms with Gasteiger partial charge in [0.25, 0.3) is 5.91 Å². The Bertz CT molecular complexity index is 426. The van der Waals surface area contributed by atoms with Crippen LogP contribution in [0.5, 0.6) is 0 Å². The highest BCUT2D eigenvalue weighted by molar-refractivity contribution is 5.95. The van der Waals surface area contributed by atoms with Crippen molar-refractivity contribution >= 4 is 5.91 Å². The van der Waals surface area contributed by atoms with Crippen molar-refractivity contribution in [2.45, 2.75) is 19.3 Å². The van der Waals surface area contributed by atoms with Gasteiger partial charge in [0.1, 0.15) is 0 Å². The highest BCUT2D eigenvalue weighted by Gasteiger charge is 2.24. The molecule has 1 aromatic rings. The first-order valence-corrected chi connectivity index (χ1v) is 6.94. The van der Waals surface area contributed by atoms with Gasteiger partial charge in [-0.2, -0.15) is 0 Å². The zero-order valence-electron chi connectivity index (χ0n) is 11.2. The van der Waals surface area contributed by atoms with Crippen molar-refractivity contribution in [2.75, 3.05) is 26.2 Å². The Morgan fingerprint density at radius 1 is 1.32 bits per heavy atom. The van der Waals surface area contributed by atoms with Crippen LogP contribution in [0, 0.1) is 5.92 Å². The minimum atomic E-state index is 0.0976. The van der Waals surface area contributed by atoms with Crippen LogP contribution in [0.4, 0.5) is 0 Å². The van der Waals surface area contributed by atoms with Crippen molar-refractivity contribution in [1.29, 1.82) is 0 Å². The second kappa shape index (κ2) is 6.68. The van der Waals surface area contributed by atoms with Crippen LogP contribution in [-0.2, 0) is 6.42 Å². The molecule has 1 fully saturated rings. The smallest absolute Gasteiger partial charge is 0.254 e. The average molecular weight is 262 g/mol. The summed E-state index contributed by atoms with van der Waals surface area (Å²) in [6, 6.07) is 7.69. The molecule has 1 amide bonds. The molecular weight excluding hydrogens is 240 g/mol. The van der Waals surface area contributed by atoms with Gasteiger partial charge in [0.15, 0.2) is 0 Å². The van der Waals surface area contributed by atoms with Crippen LogP contribution in [0.15, 0.2) is 24.3 Å². The topological polar surface area (TPSA) is 66.6 Å². The number of piperidine rings is 1. The number of likely N-dealkylation sites (tertiary alicyclic amines) is 1. The zero-order valence-corrected chi connectivity index (χ0v) is 11.2. The van der Waals surface area contributed by atoms with E-state index >= 15 is 0 Å². The van der Waals surface area contributed by atoms with Gasteiger partial charge in [-0.3, -0.25) is 4.79 Å². The fraction of sp³-hybridized carbons (Fsp3) is 0.533. The lowest BCUT2D eigenvalue weighted by molar-refractivity contribution is 0.0650. The molecule has 2 rings (SSSR count). The van der Waals surface area contributed by atoms with E-state index in [9.17, 15) is 4.79 Å². The van der Waals surface area contributed by atoms with Gasteiger partial charge in [-0.25, -0.2) is 0 Å². The number of benzene rings is 1. The molecule has 1 saturated heterocycles. The van der Waals surface area contributed by atoms with Gasteiger partial charge in [-0.1, -0.05) is 18.2 Å². The maximum absolute atomic E-state index is 12.5. The fourth-order valence-corrected chi connectivity index (χ4v) is 2.59. The van der Waals surface area contributed by atoms with Crippen LogP contribution in [0.25, 0.3) is 0 Å². The van der Waals surface area contributed by atoms with Crippen LogP contribution >= 0.6 is 0 Å². The van der Waals surface area contributed by atoms with Gasteiger partial charge < -0.3 is 15.7 Å². The molecule has 0 bridgehead atoms. The molecule has 104 valence electrons. The SMILES string of the molecule is NCCc1ccccc1C(=O)N1CCC(CO)CC1. The lowest BCUT2D eigenvalue weighted by Crippen LogP contribution is -2.39. The zero-order chi connectivity index (χ0) is 13.7. The highest BCUT2D eigenvalue weighted by Crippen LogP contribution is 2.20. The van der Waals surface area contributed by atoms with Crippen LogP contribution in [0.2, 0.25) is 0 Å². The third-order valence-electron chi connectivity index (χ3n) is 3.82. The average Bonchev–Trinajstić information content (AvgIpc) is 2.47. The molecule has 0 saturated carbocycles. The summed E-state index contributed by atoms with van der Waals surface area (Å²) in [5.74, 6) is 0.448. The molecule has 0 atom stereocenters. The van der Waals surface area contributed by atoms with Gasteiger partial charge in [-0.05, 0) is 43.4 Å². The molecule has 0 spiro atoms. The summed E-state index contributed by atoms with van der Waals surface area (Å²) in [5, 5.41) is 9.13. The molecule has 19 heavy (non-hydrogen) atoms. The summed E-state index contributed by atoms with van der Waals surface area (Å²) in [5.41, 5.74) is 7.39. The monoisotopic (exact) mass is 262 g/mol. The van der Waals surface area contributed by atoms with E-state index in [1.165, 1.54) is 0 Å². The van der Waals surface area contributed by atoms with Gasteiger partial charge in [-0.15, -0.1) is 0 Å². The van der Waals surface area contributed by atoms with Crippen LogP contribution in [0.1, 0.15) is 28.8 Å².